The number of nitrogens with zero attached hydrogens (tertiary/aromatic N) is 4. The molecular formula is C12H11N5S. The van der Waals surface area contributed by atoms with Crippen LogP contribution in [0.5, 0.6) is 0 Å². The van der Waals surface area contributed by atoms with E-state index in [2.05, 4.69) is 28.1 Å². The molecule has 1 heterocycles. The zero-order valence-electron chi connectivity index (χ0n) is 9.70. The summed E-state index contributed by atoms with van der Waals surface area (Å²) in [6.45, 7) is 1.89. The summed E-state index contributed by atoms with van der Waals surface area (Å²) in [5, 5.41) is 10.6. The maximum absolute atomic E-state index is 8.30. The fourth-order valence-electron chi connectivity index (χ4n) is 1.46. The van der Waals surface area contributed by atoms with E-state index in [1.165, 1.54) is 6.34 Å². The lowest BCUT2D eigenvalue weighted by Crippen LogP contribution is -1.98. The van der Waals surface area contributed by atoms with E-state index in [1.807, 2.05) is 37.4 Å². The average Bonchev–Trinajstić information content (AvgIpc) is 2.71. The van der Waals surface area contributed by atoms with Gasteiger partial charge in [-0.15, -0.1) is 0 Å². The first-order valence-corrected chi connectivity index (χ1v) is 5.63. The molecule has 0 aliphatic rings. The van der Waals surface area contributed by atoms with Gasteiger partial charge in [0.15, 0.2) is 6.19 Å². The number of nitriles is 1. The second kappa shape index (κ2) is 5.38. The lowest BCUT2D eigenvalue weighted by molar-refractivity contribution is 1.10. The van der Waals surface area contributed by atoms with E-state index in [-0.39, 0.29) is 0 Å². The number of hydrogen-bond acceptors (Lipinski definition) is 4. The Morgan fingerprint density at radius 1 is 1.44 bits per heavy atom. The average molecular weight is 257 g/mol. The molecule has 0 spiro atoms. The summed E-state index contributed by atoms with van der Waals surface area (Å²) in [6, 6.07) is 7.57. The minimum atomic E-state index is 0.767. The molecule has 1 aromatic heterocycles. The summed E-state index contributed by atoms with van der Waals surface area (Å²) >= 11 is 4.24. The summed E-state index contributed by atoms with van der Waals surface area (Å²) in [5.41, 5.74) is 2.63. The molecule has 2 aromatic rings. The first-order chi connectivity index (χ1) is 8.70. The number of thiol groups is 1. The Bertz CT molecular complexity index is 587. The summed E-state index contributed by atoms with van der Waals surface area (Å²) in [7, 11) is 0. The van der Waals surface area contributed by atoms with Crippen molar-refractivity contribution in [3.05, 3.63) is 36.3 Å². The Morgan fingerprint density at radius 2 is 2.17 bits per heavy atom. The molecule has 1 aromatic carbocycles. The van der Waals surface area contributed by atoms with E-state index >= 15 is 0 Å². The highest BCUT2D eigenvalue weighted by atomic mass is 32.1. The van der Waals surface area contributed by atoms with Crippen LogP contribution >= 0.6 is 12.8 Å². The summed E-state index contributed by atoms with van der Waals surface area (Å²) < 4.78 is 1.68. The van der Waals surface area contributed by atoms with Gasteiger partial charge < -0.3 is 0 Å². The molecule has 5 nitrogen and oxygen atoms in total. The Balaban J connectivity index is 2.20. The molecule has 90 valence electrons. The van der Waals surface area contributed by atoms with Gasteiger partial charge in [0.05, 0.1) is 11.4 Å². The molecule has 0 atom stereocenters. The van der Waals surface area contributed by atoms with Gasteiger partial charge in [-0.2, -0.15) is 5.26 Å². The lowest BCUT2D eigenvalue weighted by atomic mass is 10.1. The van der Waals surface area contributed by atoms with Crippen molar-refractivity contribution in [1.82, 2.24) is 14.3 Å². The van der Waals surface area contributed by atoms with E-state index in [9.17, 15) is 0 Å². The van der Waals surface area contributed by atoms with Gasteiger partial charge in [-0.1, -0.05) is 24.9 Å². The van der Waals surface area contributed by atoms with E-state index < -0.39 is 0 Å². The fraction of sp³-hybridized carbons (Fsp3) is 0.0833. The molecule has 0 fully saturated rings. The van der Waals surface area contributed by atoms with Crippen LogP contribution in [0.25, 0.3) is 11.3 Å². The molecule has 2 rings (SSSR count). The van der Waals surface area contributed by atoms with E-state index in [1.54, 1.807) is 10.2 Å². The number of aliphatic imine (C=N–C) groups is 1. The number of benzene rings is 1. The van der Waals surface area contributed by atoms with Crippen LogP contribution in [-0.2, 0) is 0 Å². The van der Waals surface area contributed by atoms with Crippen molar-refractivity contribution in [2.24, 2.45) is 4.99 Å². The molecule has 0 unspecified atom stereocenters. The summed E-state index contributed by atoms with van der Waals surface area (Å²) in [6.07, 6.45) is 4.97. The van der Waals surface area contributed by atoms with Gasteiger partial charge in [0.25, 0.3) is 0 Å². The molecule has 0 aliphatic carbocycles. The van der Waals surface area contributed by atoms with Gasteiger partial charge in [-0.05, 0) is 19.1 Å². The third-order valence-corrected chi connectivity index (χ3v) is 2.77. The van der Waals surface area contributed by atoms with E-state index in [0.717, 1.165) is 22.8 Å². The molecule has 0 amide bonds. The molecule has 1 N–H and O–H groups in total. The van der Waals surface area contributed by atoms with Crippen molar-refractivity contribution >= 4 is 24.8 Å². The molecule has 18 heavy (non-hydrogen) atoms. The molecular weight excluding hydrogens is 246 g/mol. The largest absolute Gasteiger partial charge is 0.283 e. The first-order valence-electron chi connectivity index (χ1n) is 5.23. The van der Waals surface area contributed by atoms with Crippen LogP contribution in [-0.4, -0.2) is 15.3 Å². The highest BCUT2D eigenvalue weighted by Gasteiger charge is 2.03. The van der Waals surface area contributed by atoms with Gasteiger partial charge in [0.2, 0.25) is 0 Å². The molecule has 6 heteroatoms. The third-order valence-electron chi connectivity index (χ3n) is 2.36. The van der Waals surface area contributed by atoms with Gasteiger partial charge in [-0.3, -0.25) is 9.29 Å². The zero-order chi connectivity index (χ0) is 13.0. The van der Waals surface area contributed by atoms with Crippen molar-refractivity contribution in [1.29, 1.82) is 5.26 Å². The van der Waals surface area contributed by atoms with Gasteiger partial charge in [0.1, 0.15) is 12.2 Å². The smallest absolute Gasteiger partial charge is 0.182 e. The molecule has 0 saturated carbocycles. The van der Waals surface area contributed by atoms with Gasteiger partial charge in [-0.25, -0.2) is 9.98 Å². The predicted molar refractivity (Wildman–Crippen MR) is 73.7 cm³/mol. The molecule has 0 saturated heterocycles. The standard InChI is InChI=1S/C12H11N5S/c1-9-16-12(6-17(9)18)10-2-4-11(5-3-10)15-8-14-7-13/h2-6,8,18H,1H3,(H,14,15). The van der Waals surface area contributed by atoms with Crippen LogP contribution in [0.3, 0.4) is 0 Å². The fourth-order valence-corrected chi connectivity index (χ4v) is 1.61. The van der Waals surface area contributed by atoms with Crippen molar-refractivity contribution < 1.29 is 0 Å². The topological polar surface area (TPSA) is 66.0 Å². The van der Waals surface area contributed by atoms with Crippen LogP contribution in [0.1, 0.15) is 5.82 Å². The second-order valence-corrected chi connectivity index (χ2v) is 4.01. The highest BCUT2D eigenvalue weighted by molar-refractivity contribution is 7.78. The predicted octanol–water partition coefficient (Wildman–Crippen LogP) is 2.28. The minimum Gasteiger partial charge on any atom is -0.283 e. The van der Waals surface area contributed by atoms with Gasteiger partial charge in [0, 0.05) is 11.8 Å². The van der Waals surface area contributed by atoms with Crippen LogP contribution in [0.15, 0.2) is 35.5 Å². The first kappa shape index (κ1) is 12.2. The molecule has 0 radical (unpaired) electrons. The van der Waals surface area contributed by atoms with Crippen LogP contribution in [0.4, 0.5) is 5.69 Å². The Morgan fingerprint density at radius 3 is 2.72 bits per heavy atom. The van der Waals surface area contributed by atoms with Crippen LogP contribution in [0, 0.1) is 18.4 Å². The van der Waals surface area contributed by atoms with Crippen molar-refractivity contribution in [2.45, 2.75) is 6.92 Å². The van der Waals surface area contributed by atoms with Gasteiger partial charge >= 0.3 is 0 Å². The Kier molecular flexibility index (Phi) is 3.65. The van der Waals surface area contributed by atoms with Crippen LogP contribution in [0.2, 0.25) is 0 Å². The van der Waals surface area contributed by atoms with E-state index in [0.29, 0.717) is 0 Å². The summed E-state index contributed by atoms with van der Waals surface area (Å²) in [4.78, 5) is 8.43. The van der Waals surface area contributed by atoms with Crippen molar-refractivity contribution in [3.8, 4) is 17.5 Å². The Labute approximate surface area is 110 Å². The quantitative estimate of drug-likeness (QED) is 0.291. The number of nitrogens with one attached hydrogen (secondary N) is 1. The molecule has 0 bridgehead atoms. The van der Waals surface area contributed by atoms with Crippen LogP contribution < -0.4 is 5.32 Å². The number of imidazole rings is 1. The van der Waals surface area contributed by atoms with E-state index in [4.69, 9.17) is 5.26 Å². The number of aromatic nitrogens is 2. The number of hydrogen-bond donors (Lipinski definition) is 2. The second-order valence-electron chi connectivity index (χ2n) is 3.58. The normalized spacial score (nSPS) is 10.5. The van der Waals surface area contributed by atoms with Crippen molar-refractivity contribution in [2.75, 3.05) is 0 Å². The SMILES string of the molecule is Cc1nc(-c2ccc(/N=C/NC#N)cc2)cn1S. The summed E-state index contributed by atoms with van der Waals surface area (Å²) in [5.74, 6) is 0.841. The highest BCUT2D eigenvalue weighted by Crippen LogP contribution is 2.22. The number of aryl methyl sites for hydroxylation is 1. The maximum Gasteiger partial charge on any atom is 0.182 e. The monoisotopic (exact) mass is 257 g/mol. The van der Waals surface area contributed by atoms with Crippen molar-refractivity contribution in [3.63, 3.8) is 0 Å². The Hall–Kier alpha value is -2.26. The maximum atomic E-state index is 8.30. The minimum absolute atomic E-state index is 0.767. The molecule has 0 aliphatic heterocycles. The number of rotatable bonds is 3. The third kappa shape index (κ3) is 2.70. The lowest BCUT2D eigenvalue weighted by Gasteiger charge is -1.97. The zero-order valence-corrected chi connectivity index (χ0v) is 10.6.